The maximum atomic E-state index is 11.4. The molecule has 1 aliphatic heterocycles. The molecule has 0 spiro atoms. The largest absolute Gasteiger partial charge is 0.367 e. The van der Waals surface area contributed by atoms with Gasteiger partial charge in [-0.15, -0.1) is 0 Å². The van der Waals surface area contributed by atoms with Crippen LogP contribution in [-0.2, 0) is 9.84 Å². The molecule has 18 heavy (non-hydrogen) atoms. The van der Waals surface area contributed by atoms with Gasteiger partial charge in [-0.2, -0.15) is 5.26 Å². The van der Waals surface area contributed by atoms with E-state index in [9.17, 15) is 13.7 Å². The van der Waals surface area contributed by atoms with Crippen molar-refractivity contribution in [2.45, 2.75) is 18.4 Å². The van der Waals surface area contributed by atoms with Crippen LogP contribution in [0, 0.1) is 11.3 Å². The lowest BCUT2D eigenvalue weighted by atomic mass is 9.93. The summed E-state index contributed by atoms with van der Waals surface area (Å²) in [5.41, 5.74) is -0.0703. The lowest BCUT2D eigenvalue weighted by molar-refractivity contribution is 0.505. The van der Waals surface area contributed by atoms with E-state index >= 15 is 0 Å². The Bertz CT molecular complexity index is 578. The van der Waals surface area contributed by atoms with Crippen LogP contribution in [0.5, 0.6) is 0 Å². The molecule has 0 bridgehead atoms. The van der Waals surface area contributed by atoms with E-state index in [4.69, 9.17) is 11.6 Å². The predicted molar refractivity (Wildman–Crippen MR) is 71.3 cm³/mol. The minimum atomic E-state index is -2.98. The number of hydrogen-bond donors (Lipinski definition) is 1. The summed E-state index contributed by atoms with van der Waals surface area (Å²) < 4.78 is 22.8. The third-order valence-corrected chi connectivity index (χ3v) is 4.99. The van der Waals surface area contributed by atoms with Crippen LogP contribution in [0.1, 0.15) is 12.8 Å². The summed E-state index contributed by atoms with van der Waals surface area (Å²) in [6.45, 7) is 0. The molecule has 1 heterocycles. The summed E-state index contributed by atoms with van der Waals surface area (Å²) in [6.07, 6.45) is 0.608. The van der Waals surface area contributed by atoms with Gasteiger partial charge in [0, 0.05) is 10.7 Å². The molecule has 1 aliphatic rings. The lowest BCUT2D eigenvalue weighted by Crippen LogP contribution is -2.44. The number of anilines is 1. The van der Waals surface area contributed by atoms with Gasteiger partial charge in [0.25, 0.3) is 0 Å². The molecule has 1 fully saturated rings. The first-order chi connectivity index (χ1) is 8.45. The zero-order chi connectivity index (χ0) is 13.2. The molecule has 96 valence electrons. The molecular weight excluding hydrogens is 272 g/mol. The molecule has 2 rings (SSSR count). The average Bonchev–Trinajstić information content (AvgIpc) is 2.33. The van der Waals surface area contributed by atoms with Crippen molar-refractivity contribution in [3.63, 3.8) is 0 Å². The van der Waals surface area contributed by atoms with Crippen LogP contribution in [0.3, 0.4) is 0 Å². The molecule has 0 atom stereocenters. The number of nitriles is 1. The number of benzene rings is 1. The Morgan fingerprint density at radius 3 is 2.56 bits per heavy atom. The Balaban J connectivity index is 2.18. The third-order valence-electron chi connectivity index (χ3n) is 3.10. The first-order valence-corrected chi connectivity index (χ1v) is 7.80. The fourth-order valence-corrected chi connectivity index (χ4v) is 3.71. The Kier molecular flexibility index (Phi) is 3.51. The van der Waals surface area contributed by atoms with Gasteiger partial charge in [0.2, 0.25) is 0 Å². The van der Waals surface area contributed by atoms with Gasteiger partial charge in [-0.1, -0.05) is 17.7 Å². The van der Waals surface area contributed by atoms with E-state index in [0.29, 0.717) is 17.9 Å². The molecule has 1 aromatic carbocycles. The van der Waals surface area contributed by atoms with Crippen molar-refractivity contribution in [2.24, 2.45) is 0 Å². The topological polar surface area (TPSA) is 70.0 Å². The summed E-state index contributed by atoms with van der Waals surface area (Å²) in [7, 11) is -2.98. The first-order valence-electron chi connectivity index (χ1n) is 5.60. The van der Waals surface area contributed by atoms with Crippen LogP contribution in [0.15, 0.2) is 24.3 Å². The number of hydrogen-bond acceptors (Lipinski definition) is 4. The van der Waals surface area contributed by atoms with Crippen molar-refractivity contribution in [1.82, 2.24) is 0 Å². The molecule has 1 saturated heterocycles. The van der Waals surface area contributed by atoms with Gasteiger partial charge in [-0.25, -0.2) is 8.42 Å². The van der Waals surface area contributed by atoms with Gasteiger partial charge >= 0.3 is 0 Å². The second kappa shape index (κ2) is 4.79. The van der Waals surface area contributed by atoms with Crippen molar-refractivity contribution in [3.05, 3.63) is 29.3 Å². The lowest BCUT2D eigenvalue weighted by Gasteiger charge is -2.32. The van der Waals surface area contributed by atoms with Gasteiger partial charge in [0.1, 0.15) is 5.54 Å². The Labute approximate surface area is 111 Å². The molecule has 0 unspecified atom stereocenters. The van der Waals surface area contributed by atoms with E-state index in [-0.39, 0.29) is 11.5 Å². The number of rotatable bonds is 2. The van der Waals surface area contributed by atoms with Crippen molar-refractivity contribution >= 4 is 27.1 Å². The third kappa shape index (κ3) is 2.95. The number of nitrogens with zero attached hydrogens (tertiary/aromatic N) is 1. The zero-order valence-corrected chi connectivity index (χ0v) is 11.3. The summed E-state index contributed by atoms with van der Waals surface area (Å²) >= 11 is 5.88. The molecule has 4 nitrogen and oxygen atoms in total. The van der Waals surface area contributed by atoms with Gasteiger partial charge in [0.05, 0.1) is 17.6 Å². The molecule has 0 aliphatic carbocycles. The standard InChI is InChI=1S/C12H13ClN2O2S/c13-10-2-1-3-11(8-10)15-12(9-14)4-6-18(16,17)7-5-12/h1-3,8,15H,4-7H2. The normalized spacial score (nSPS) is 20.9. The van der Waals surface area contributed by atoms with E-state index < -0.39 is 15.4 Å². The first kappa shape index (κ1) is 13.2. The predicted octanol–water partition coefficient (Wildman–Crippen LogP) is 2.22. The van der Waals surface area contributed by atoms with Gasteiger partial charge in [-0.3, -0.25) is 0 Å². The second-order valence-electron chi connectivity index (χ2n) is 4.48. The number of halogens is 1. The van der Waals surface area contributed by atoms with E-state index in [1.54, 1.807) is 18.2 Å². The van der Waals surface area contributed by atoms with Gasteiger partial charge < -0.3 is 5.32 Å². The van der Waals surface area contributed by atoms with Crippen LogP contribution in [0.4, 0.5) is 5.69 Å². The maximum absolute atomic E-state index is 11.4. The van der Waals surface area contributed by atoms with Crippen molar-refractivity contribution in [3.8, 4) is 6.07 Å². The van der Waals surface area contributed by atoms with Crippen molar-refractivity contribution in [1.29, 1.82) is 5.26 Å². The summed E-state index contributed by atoms with van der Waals surface area (Å²) in [5, 5.41) is 13.0. The fraction of sp³-hybridized carbons (Fsp3) is 0.417. The number of sulfone groups is 1. The SMILES string of the molecule is N#CC1(Nc2cccc(Cl)c2)CCS(=O)(=O)CC1. The Hall–Kier alpha value is -1.25. The minimum absolute atomic E-state index is 0.0497. The highest BCUT2D eigenvalue weighted by Gasteiger charge is 2.37. The molecule has 1 aromatic rings. The van der Waals surface area contributed by atoms with E-state index in [1.807, 2.05) is 6.07 Å². The van der Waals surface area contributed by atoms with E-state index in [1.165, 1.54) is 0 Å². The summed E-state index contributed by atoms with van der Waals surface area (Å²) in [5.74, 6) is 0.0995. The van der Waals surface area contributed by atoms with Gasteiger partial charge in [0.15, 0.2) is 9.84 Å². The Morgan fingerprint density at radius 2 is 2.00 bits per heavy atom. The Morgan fingerprint density at radius 1 is 1.33 bits per heavy atom. The van der Waals surface area contributed by atoms with Crippen molar-refractivity contribution in [2.75, 3.05) is 16.8 Å². The van der Waals surface area contributed by atoms with Crippen LogP contribution in [0.25, 0.3) is 0 Å². The molecule has 0 radical (unpaired) electrons. The highest BCUT2D eigenvalue weighted by Crippen LogP contribution is 2.28. The summed E-state index contributed by atoms with van der Waals surface area (Å²) in [4.78, 5) is 0. The molecule has 1 N–H and O–H groups in total. The van der Waals surface area contributed by atoms with Crippen LogP contribution >= 0.6 is 11.6 Å². The average molecular weight is 285 g/mol. The van der Waals surface area contributed by atoms with E-state index in [0.717, 1.165) is 5.69 Å². The van der Waals surface area contributed by atoms with E-state index in [2.05, 4.69) is 11.4 Å². The molecule has 0 amide bonds. The molecular formula is C12H13ClN2O2S. The fourth-order valence-electron chi connectivity index (χ4n) is 1.99. The summed E-state index contributed by atoms with van der Waals surface area (Å²) in [6, 6.07) is 9.28. The molecule has 0 aromatic heterocycles. The highest BCUT2D eigenvalue weighted by molar-refractivity contribution is 7.91. The monoisotopic (exact) mass is 284 g/mol. The van der Waals surface area contributed by atoms with Crippen LogP contribution in [0.2, 0.25) is 5.02 Å². The number of nitrogens with one attached hydrogen (secondary N) is 1. The maximum Gasteiger partial charge on any atom is 0.150 e. The molecule has 0 saturated carbocycles. The minimum Gasteiger partial charge on any atom is -0.367 e. The van der Waals surface area contributed by atoms with Crippen LogP contribution < -0.4 is 5.32 Å². The van der Waals surface area contributed by atoms with Crippen LogP contribution in [-0.4, -0.2) is 25.5 Å². The van der Waals surface area contributed by atoms with Gasteiger partial charge in [-0.05, 0) is 31.0 Å². The zero-order valence-electron chi connectivity index (χ0n) is 9.69. The smallest absolute Gasteiger partial charge is 0.150 e. The second-order valence-corrected chi connectivity index (χ2v) is 7.22. The molecule has 6 heteroatoms. The quantitative estimate of drug-likeness (QED) is 0.904. The highest BCUT2D eigenvalue weighted by atomic mass is 35.5. The van der Waals surface area contributed by atoms with Crippen molar-refractivity contribution < 1.29 is 8.42 Å².